The van der Waals surface area contributed by atoms with Crippen molar-refractivity contribution in [2.75, 3.05) is 20.0 Å². The van der Waals surface area contributed by atoms with Crippen LogP contribution in [0.15, 0.2) is 25.3 Å². The molecule has 0 spiro atoms. The maximum absolute atomic E-state index is 10.9. The highest BCUT2D eigenvalue weighted by atomic mass is 16.8. The fourth-order valence-corrected chi connectivity index (χ4v) is 0.828. The first-order chi connectivity index (χ1) is 9.10. The highest BCUT2D eigenvalue weighted by Gasteiger charge is 2.04. The van der Waals surface area contributed by atoms with E-state index in [4.69, 9.17) is 4.74 Å². The SMILES string of the molecule is C=CC(=O)OCCCCOC(=O)OCOC(=O)C=C. The molecule has 0 aromatic heterocycles. The van der Waals surface area contributed by atoms with E-state index in [9.17, 15) is 14.4 Å². The van der Waals surface area contributed by atoms with Crippen LogP contribution in [0, 0.1) is 0 Å². The Morgan fingerprint density at radius 2 is 1.32 bits per heavy atom. The van der Waals surface area contributed by atoms with E-state index >= 15 is 0 Å². The molecule has 0 saturated carbocycles. The molecule has 0 aliphatic rings. The van der Waals surface area contributed by atoms with Gasteiger partial charge in [0.25, 0.3) is 0 Å². The number of hydrogen-bond donors (Lipinski definition) is 0. The molecular formula is C12H16O7. The molecule has 0 atom stereocenters. The standard InChI is InChI=1S/C12H16O7/c1-3-10(13)16-7-5-6-8-17-12(15)19-9-18-11(14)4-2/h3-4H,1-2,5-9H2. The quantitative estimate of drug-likeness (QED) is 0.206. The van der Waals surface area contributed by atoms with Gasteiger partial charge < -0.3 is 18.9 Å². The van der Waals surface area contributed by atoms with Gasteiger partial charge in [0.15, 0.2) is 0 Å². The zero-order valence-electron chi connectivity index (χ0n) is 10.5. The van der Waals surface area contributed by atoms with Gasteiger partial charge in [-0.25, -0.2) is 14.4 Å². The van der Waals surface area contributed by atoms with Crippen LogP contribution in [-0.4, -0.2) is 38.1 Å². The van der Waals surface area contributed by atoms with Crippen molar-refractivity contribution < 1.29 is 33.3 Å². The second-order valence-electron chi connectivity index (χ2n) is 3.11. The first-order valence-electron chi connectivity index (χ1n) is 5.48. The molecular weight excluding hydrogens is 256 g/mol. The molecule has 0 aromatic carbocycles. The number of carbonyl (C=O) groups is 3. The van der Waals surface area contributed by atoms with Gasteiger partial charge in [0.05, 0.1) is 13.2 Å². The minimum atomic E-state index is -0.944. The predicted octanol–water partition coefficient (Wildman–Crippen LogP) is 1.34. The summed E-state index contributed by atoms with van der Waals surface area (Å²) in [4.78, 5) is 32.2. The van der Waals surface area contributed by atoms with Crippen LogP contribution in [0.4, 0.5) is 4.79 Å². The Morgan fingerprint density at radius 1 is 0.789 bits per heavy atom. The lowest BCUT2D eigenvalue weighted by molar-refractivity contribution is -0.147. The predicted molar refractivity (Wildman–Crippen MR) is 64.0 cm³/mol. The molecule has 19 heavy (non-hydrogen) atoms. The van der Waals surface area contributed by atoms with E-state index in [2.05, 4.69) is 27.4 Å². The largest absolute Gasteiger partial charge is 0.511 e. The van der Waals surface area contributed by atoms with E-state index in [0.29, 0.717) is 12.8 Å². The highest BCUT2D eigenvalue weighted by Crippen LogP contribution is 1.95. The Morgan fingerprint density at radius 3 is 1.89 bits per heavy atom. The smallest absolute Gasteiger partial charge is 0.463 e. The molecule has 0 fully saturated rings. The van der Waals surface area contributed by atoms with Crippen molar-refractivity contribution in [2.45, 2.75) is 12.8 Å². The van der Waals surface area contributed by atoms with E-state index in [1.54, 1.807) is 0 Å². The lowest BCUT2D eigenvalue weighted by atomic mass is 10.3. The van der Waals surface area contributed by atoms with Crippen LogP contribution in [0.5, 0.6) is 0 Å². The van der Waals surface area contributed by atoms with Crippen LogP contribution in [0.3, 0.4) is 0 Å². The molecule has 0 bridgehead atoms. The second kappa shape index (κ2) is 10.8. The Kier molecular flexibility index (Phi) is 9.50. The number of ether oxygens (including phenoxy) is 4. The van der Waals surface area contributed by atoms with Gasteiger partial charge in [-0.15, -0.1) is 0 Å². The molecule has 0 amide bonds. The Labute approximate surface area is 110 Å². The zero-order valence-corrected chi connectivity index (χ0v) is 10.5. The molecule has 0 N–H and O–H groups in total. The normalized spacial score (nSPS) is 9.05. The Hall–Kier alpha value is -2.31. The third-order valence-corrected chi connectivity index (χ3v) is 1.71. The lowest BCUT2D eigenvalue weighted by Gasteiger charge is -2.06. The second-order valence-corrected chi connectivity index (χ2v) is 3.11. The van der Waals surface area contributed by atoms with Gasteiger partial charge in [0, 0.05) is 12.2 Å². The molecule has 106 valence electrons. The molecule has 0 aromatic rings. The van der Waals surface area contributed by atoms with Crippen LogP contribution >= 0.6 is 0 Å². The highest BCUT2D eigenvalue weighted by molar-refractivity contribution is 5.81. The van der Waals surface area contributed by atoms with Gasteiger partial charge in [-0.1, -0.05) is 13.2 Å². The minimum absolute atomic E-state index is 0.111. The average molecular weight is 272 g/mol. The van der Waals surface area contributed by atoms with E-state index in [-0.39, 0.29) is 13.2 Å². The van der Waals surface area contributed by atoms with Gasteiger partial charge >= 0.3 is 18.1 Å². The van der Waals surface area contributed by atoms with Crippen LogP contribution < -0.4 is 0 Å². The van der Waals surface area contributed by atoms with Crippen LogP contribution in [-0.2, 0) is 28.5 Å². The van der Waals surface area contributed by atoms with Crippen molar-refractivity contribution in [3.63, 3.8) is 0 Å². The third kappa shape index (κ3) is 10.6. The molecule has 0 saturated heterocycles. The van der Waals surface area contributed by atoms with Crippen molar-refractivity contribution in [3.8, 4) is 0 Å². The Balaban J connectivity index is 3.38. The van der Waals surface area contributed by atoms with Gasteiger partial charge in [-0.3, -0.25) is 0 Å². The van der Waals surface area contributed by atoms with E-state index in [1.165, 1.54) is 0 Å². The van der Waals surface area contributed by atoms with Gasteiger partial charge in [0.2, 0.25) is 6.79 Å². The summed E-state index contributed by atoms with van der Waals surface area (Å²) in [6.07, 6.45) is 2.11. The van der Waals surface area contributed by atoms with Crippen molar-refractivity contribution in [2.24, 2.45) is 0 Å². The molecule has 7 nitrogen and oxygen atoms in total. The average Bonchev–Trinajstić information content (AvgIpc) is 2.41. The third-order valence-electron chi connectivity index (χ3n) is 1.71. The number of rotatable bonds is 9. The van der Waals surface area contributed by atoms with Crippen LogP contribution in [0.2, 0.25) is 0 Å². The minimum Gasteiger partial charge on any atom is -0.463 e. The number of unbranched alkanes of at least 4 members (excludes halogenated alkanes) is 1. The summed E-state index contributed by atoms with van der Waals surface area (Å²) in [5.41, 5.74) is 0. The molecule has 0 aliphatic heterocycles. The fourth-order valence-electron chi connectivity index (χ4n) is 0.828. The molecule has 0 heterocycles. The molecule has 7 heteroatoms. The van der Waals surface area contributed by atoms with Crippen molar-refractivity contribution >= 4 is 18.1 Å². The van der Waals surface area contributed by atoms with Crippen LogP contribution in [0.25, 0.3) is 0 Å². The van der Waals surface area contributed by atoms with E-state index in [1.807, 2.05) is 0 Å². The summed E-state index contributed by atoms with van der Waals surface area (Å²) in [6, 6.07) is 0. The topological polar surface area (TPSA) is 88.1 Å². The number of esters is 2. The lowest BCUT2D eigenvalue weighted by Crippen LogP contribution is -2.13. The summed E-state index contributed by atoms with van der Waals surface area (Å²) in [5, 5.41) is 0. The number of carbonyl (C=O) groups excluding carboxylic acids is 3. The maximum atomic E-state index is 10.9. The van der Waals surface area contributed by atoms with E-state index < -0.39 is 24.9 Å². The summed E-state index contributed by atoms with van der Waals surface area (Å²) < 4.78 is 18.2. The van der Waals surface area contributed by atoms with Gasteiger partial charge in [0.1, 0.15) is 0 Å². The Bertz CT molecular complexity index is 335. The monoisotopic (exact) mass is 272 g/mol. The molecule has 0 radical (unpaired) electrons. The van der Waals surface area contributed by atoms with Gasteiger partial charge in [-0.2, -0.15) is 0 Å². The molecule has 0 unspecified atom stereocenters. The summed E-state index contributed by atoms with van der Waals surface area (Å²) in [6.45, 7) is 6.22. The fraction of sp³-hybridized carbons (Fsp3) is 0.417. The summed E-state index contributed by atoms with van der Waals surface area (Å²) in [7, 11) is 0. The van der Waals surface area contributed by atoms with E-state index in [0.717, 1.165) is 12.2 Å². The van der Waals surface area contributed by atoms with Crippen molar-refractivity contribution in [3.05, 3.63) is 25.3 Å². The molecule has 0 rings (SSSR count). The van der Waals surface area contributed by atoms with Gasteiger partial charge in [-0.05, 0) is 12.8 Å². The van der Waals surface area contributed by atoms with Crippen molar-refractivity contribution in [1.82, 2.24) is 0 Å². The zero-order chi connectivity index (χ0) is 14.5. The summed E-state index contributed by atoms with van der Waals surface area (Å²) in [5.74, 6) is -1.19. The maximum Gasteiger partial charge on any atom is 0.511 e. The first-order valence-corrected chi connectivity index (χ1v) is 5.48. The summed E-state index contributed by atoms with van der Waals surface area (Å²) >= 11 is 0. The first kappa shape index (κ1) is 16.7. The van der Waals surface area contributed by atoms with Crippen LogP contribution in [0.1, 0.15) is 12.8 Å². The molecule has 0 aliphatic carbocycles. The number of hydrogen-bond acceptors (Lipinski definition) is 7. The van der Waals surface area contributed by atoms with Crippen molar-refractivity contribution in [1.29, 1.82) is 0 Å².